The Labute approximate surface area is 166 Å². The smallest absolute Gasteiger partial charge is 0.306 e. The summed E-state index contributed by atoms with van der Waals surface area (Å²) < 4.78 is 10.7. The monoisotopic (exact) mass is 390 g/mol. The van der Waals surface area contributed by atoms with Crippen LogP contribution in [0.4, 0.5) is 0 Å². The SMILES string of the molecule is COc1cc(/C=C(\C#N)C(=O)c2c[nH]c3ccccc23)ccc1OCCC(=O)O. The number of nitrogens with one attached hydrogen (secondary N) is 1. The summed E-state index contributed by atoms with van der Waals surface area (Å²) >= 11 is 0. The Morgan fingerprint density at radius 1 is 1.21 bits per heavy atom. The van der Waals surface area contributed by atoms with Gasteiger partial charge in [-0.1, -0.05) is 24.3 Å². The number of para-hydroxylation sites is 1. The molecule has 0 saturated heterocycles. The first-order chi connectivity index (χ1) is 14.0. The Morgan fingerprint density at radius 2 is 2.00 bits per heavy atom. The maximum Gasteiger partial charge on any atom is 0.306 e. The number of aromatic amines is 1. The second-order valence-corrected chi connectivity index (χ2v) is 6.15. The second-order valence-electron chi connectivity index (χ2n) is 6.15. The van der Waals surface area contributed by atoms with Crippen LogP contribution >= 0.6 is 0 Å². The molecule has 0 aliphatic rings. The number of carbonyl (C=O) groups excluding carboxylic acids is 1. The number of aliphatic carboxylic acids is 1. The third-order valence-corrected chi connectivity index (χ3v) is 4.27. The van der Waals surface area contributed by atoms with Gasteiger partial charge in [-0.05, 0) is 29.8 Å². The average Bonchev–Trinajstić information content (AvgIpc) is 3.16. The summed E-state index contributed by atoms with van der Waals surface area (Å²) in [5, 5.41) is 19.0. The summed E-state index contributed by atoms with van der Waals surface area (Å²) in [5.41, 5.74) is 1.81. The number of benzene rings is 2. The number of carboxylic acids is 1. The van der Waals surface area contributed by atoms with Gasteiger partial charge in [0.15, 0.2) is 11.5 Å². The van der Waals surface area contributed by atoms with E-state index in [1.54, 1.807) is 24.4 Å². The molecule has 0 saturated carbocycles. The van der Waals surface area contributed by atoms with Crippen molar-refractivity contribution in [3.8, 4) is 17.6 Å². The summed E-state index contributed by atoms with van der Waals surface area (Å²) in [6.07, 6.45) is 2.94. The number of Topliss-reactive ketones (excluding diaryl/α,β-unsaturated/α-hetero) is 1. The number of rotatable bonds is 8. The van der Waals surface area contributed by atoms with E-state index in [0.717, 1.165) is 10.9 Å². The number of methoxy groups -OCH3 is 1. The predicted octanol–water partition coefficient (Wildman–Crippen LogP) is 3.82. The molecule has 0 aliphatic heterocycles. The second kappa shape index (κ2) is 8.76. The van der Waals surface area contributed by atoms with E-state index in [0.29, 0.717) is 22.6 Å². The summed E-state index contributed by atoms with van der Waals surface area (Å²) in [6.45, 7) is 0.00335. The Bertz CT molecular complexity index is 1140. The Morgan fingerprint density at radius 3 is 2.72 bits per heavy atom. The van der Waals surface area contributed by atoms with Gasteiger partial charge in [0.25, 0.3) is 0 Å². The first kappa shape index (κ1) is 19.7. The van der Waals surface area contributed by atoms with Crippen LogP contribution < -0.4 is 9.47 Å². The van der Waals surface area contributed by atoms with E-state index >= 15 is 0 Å². The number of carbonyl (C=O) groups is 2. The molecule has 1 heterocycles. The first-order valence-electron chi connectivity index (χ1n) is 8.78. The fourth-order valence-corrected chi connectivity index (χ4v) is 2.86. The number of nitriles is 1. The van der Waals surface area contributed by atoms with Crippen LogP contribution in [0, 0.1) is 11.3 Å². The number of hydrogen-bond donors (Lipinski definition) is 2. The average molecular weight is 390 g/mol. The Hall–Kier alpha value is -4.05. The van der Waals surface area contributed by atoms with E-state index in [4.69, 9.17) is 14.6 Å². The normalized spacial score (nSPS) is 11.1. The number of ketones is 1. The lowest BCUT2D eigenvalue weighted by atomic mass is 10.0. The van der Waals surface area contributed by atoms with Crippen molar-refractivity contribution in [3.05, 3.63) is 65.4 Å². The molecule has 7 heteroatoms. The molecule has 2 aromatic carbocycles. The summed E-state index contributed by atoms with van der Waals surface area (Å²) in [6, 6.07) is 14.2. The van der Waals surface area contributed by atoms with Crippen LogP contribution in [0.3, 0.4) is 0 Å². The quantitative estimate of drug-likeness (QED) is 0.343. The molecule has 7 nitrogen and oxygen atoms in total. The molecule has 0 radical (unpaired) electrons. The molecule has 2 N–H and O–H groups in total. The van der Waals surface area contributed by atoms with Gasteiger partial charge >= 0.3 is 5.97 Å². The highest BCUT2D eigenvalue weighted by Gasteiger charge is 2.17. The largest absolute Gasteiger partial charge is 0.493 e. The van der Waals surface area contributed by atoms with Gasteiger partial charge in [0.2, 0.25) is 5.78 Å². The minimum absolute atomic E-state index is 0.00335. The molecular weight excluding hydrogens is 372 g/mol. The van der Waals surface area contributed by atoms with E-state index in [1.807, 2.05) is 30.3 Å². The van der Waals surface area contributed by atoms with Crippen LogP contribution in [-0.4, -0.2) is 35.6 Å². The molecule has 0 amide bonds. The highest BCUT2D eigenvalue weighted by Crippen LogP contribution is 2.29. The molecule has 0 atom stereocenters. The number of hydrogen-bond acceptors (Lipinski definition) is 5. The molecular formula is C22H18N2O5. The van der Waals surface area contributed by atoms with Crippen LogP contribution in [0.1, 0.15) is 22.3 Å². The number of H-pyrrole nitrogens is 1. The van der Waals surface area contributed by atoms with Gasteiger partial charge in [-0.25, -0.2) is 0 Å². The molecule has 0 spiro atoms. The van der Waals surface area contributed by atoms with E-state index in [-0.39, 0.29) is 24.4 Å². The summed E-state index contributed by atoms with van der Waals surface area (Å²) in [7, 11) is 1.45. The fraction of sp³-hybridized carbons (Fsp3) is 0.136. The molecule has 0 aliphatic carbocycles. The van der Waals surface area contributed by atoms with Gasteiger partial charge in [0.1, 0.15) is 11.6 Å². The third kappa shape index (κ3) is 4.45. The van der Waals surface area contributed by atoms with Gasteiger partial charge in [-0.15, -0.1) is 0 Å². The van der Waals surface area contributed by atoms with Crippen LogP contribution in [0.25, 0.3) is 17.0 Å². The lowest BCUT2D eigenvalue weighted by Crippen LogP contribution is -2.05. The summed E-state index contributed by atoms with van der Waals surface area (Å²) in [5.74, 6) is -0.586. The van der Waals surface area contributed by atoms with Gasteiger partial charge in [-0.2, -0.15) is 5.26 Å². The van der Waals surface area contributed by atoms with Crippen molar-refractivity contribution in [3.63, 3.8) is 0 Å². The van der Waals surface area contributed by atoms with Crippen molar-refractivity contribution in [2.75, 3.05) is 13.7 Å². The molecule has 0 fully saturated rings. The maximum absolute atomic E-state index is 12.9. The zero-order valence-corrected chi connectivity index (χ0v) is 15.6. The highest BCUT2D eigenvalue weighted by atomic mass is 16.5. The maximum atomic E-state index is 12.9. The molecule has 0 unspecified atom stereocenters. The number of aromatic nitrogens is 1. The Balaban J connectivity index is 1.87. The van der Waals surface area contributed by atoms with Crippen LogP contribution in [0.2, 0.25) is 0 Å². The van der Waals surface area contributed by atoms with E-state index in [2.05, 4.69) is 4.98 Å². The lowest BCUT2D eigenvalue weighted by Gasteiger charge is -2.10. The van der Waals surface area contributed by atoms with Gasteiger partial charge in [0, 0.05) is 22.7 Å². The van der Waals surface area contributed by atoms with E-state index < -0.39 is 5.97 Å². The zero-order chi connectivity index (χ0) is 20.8. The first-order valence-corrected chi connectivity index (χ1v) is 8.78. The Kier molecular flexibility index (Phi) is 5.95. The van der Waals surface area contributed by atoms with Crippen molar-refractivity contribution >= 4 is 28.7 Å². The van der Waals surface area contributed by atoms with E-state index in [1.165, 1.54) is 13.2 Å². The van der Waals surface area contributed by atoms with Gasteiger partial charge < -0.3 is 19.6 Å². The molecule has 3 rings (SSSR count). The fourth-order valence-electron chi connectivity index (χ4n) is 2.86. The van der Waals surface area contributed by atoms with Gasteiger partial charge in [0.05, 0.1) is 20.1 Å². The summed E-state index contributed by atoms with van der Waals surface area (Å²) in [4.78, 5) is 26.5. The van der Waals surface area contributed by atoms with Crippen molar-refractivity contribution < 1.29 is 24.2 Å². The van der Waals surface area contributed by atoms with Crippen molar-refractivity contribution in [2.24, 2.45) is 0 Å². The lowest BCUT2D eigenvalue weighted by molar-refractivity contribution is -0.137. The predicted molar refractivity (Wildman–Crippen MR) is 107 cm³/mol. The standard InChI is InChI=1S/C22H18N2O5/c1-28-20-11-14(6-7-19(20)29-9-8-21(25)26)10-15(12-23)22(27)17-13-24-18-5-3-2-4-16(17)18/h2-7,10-11,13,24H,8-9H2,1H3,(H,25,26)/b15-10+. The molecule has 146 valence electrons. The highest BCUT2D eigenvalue weighted by molar-refractivity contribution is 6.19. The molecule has 29 heavy (non-hydrogen) atoms. The van der Waals surface area contributed by atoms with E-state index in [9.17, 15) is 14.9 Å². The molecule has 0 bridgehead atoms. The topological polar surface area (TPSA) is 112 Å². The minimum atomic E-state index is -0.960. The number of carboxylic acid groups (broad SMARTS) is 1. The van der Waals surface area contributed by atoms with Crippen LogP contribution in [-0.2, 0) is 4.79 Å². The molecule has 3 aromatic rings. The zero-order valence-electron chi connectivity index (χ0n) is 15.6. The van der Waals surface area contributed by atoms with Gasteiger partial charge in [-0.3, -0.25) is 9.59 Å². The number of nitrogens with zero attached hydrogens (tertiary/aromatic N) is 1. The number of fused-ring (bicyclic) bond motifs is 1. The van der Waals surface area contributed by atoms with Crippen LogP contribution in [0.15, 0.2) is 54.2 Å². The van der Waals surface area contributed by atoms with Crippen molar-refractivity contribution in [1.29, 1.82) is 5.26 Å². The van der Waals surface area contributed by atoms with Crippen LogP contribution in [0.5, 0.6) is 11.5 Å². The third-order valence-electron chi connectivity index (χ3n) is 4.27. The molecule has 1 aromatic heterocycles. The number of ether oxygens (including phenoxy) is 2. The van der Waals surface area contributed by atoms with Crippen molar-refractivity contribution in [2.45, 2.75) is 6.42 Å². The number of allylic oxidation sites excluding steroid dienone is 1. The van der Waals surface area contributed by atoms with Crippen molar-refractivity contribution in [1.82, 2.24) is 4.98 Å². The minimum Gasteiger partial charge on any atom is -0.493 e.